The summed E-state index contributed by atoms with van der Waals surface area (Å²) in [7, 11) is 0. The van der Waals surface area contributed by atoms with Crippen LogP contribution in [0.4, 0.5) is 14.5 Å². The first-order valence-corrected chi connectivity index (χ1v) is 8.62. The van der Waals surface area contributed by atoms with E-state index in [1.807, 2.05) is 30.3 Å². The summed E-state index contributed by atoms with van der Waals surface area (Å²) in [6, 6.07) is 15.1. The number of nitrogens with one attached hydrogen (secondary N) is 1. The first-order valence-electron chi connectivity index (χ1n) is 7.74. The molecule has 0 fully saturated rings. The molecular weight excluding hydrogens is 360 g/mol. The quantitative estimate of drug-likeness (QED) is 0.641. The van der Waals surface area contributed by atoms with E-state index in [9.17, 15) is 13.6 Å². The largest absolute Gasteiger partial charge is 0.324 e. The van der Waals surface area contributed by atoms with Crippen molar-refractivity contribution in [3.8, 4) is 0 Å². The van der Waals surface area contributed by atoms with Crippen molar-refractivity contribution < 1.29 is 13.6 Å². The Kier molecular flexibility index (Phi) is 5.90. The predicted octanol–water partition coefficient (Wildman–Crippen LogP) is 3.41. The van der Waals surface area contributed by atoms with Crippen molar-refractivity contribution >= 4 is 23.4 Å². The van der Waals surface area contributed by atoms with Crippen LogP contribution in [0.25, 0.3) is 0 Å². The van der Waals surface area contributed by atoms with Gasteiger partial charge in [-0.3, -0.25) is 4.79 Å². The number of amides is 1. The van der Waals surface area contributed by atoms with Crippen LogP contribution in [0, 0.1) is 0 Å². The molecule has 0 saturated heterocycles. The molecule has 9 heteroatoms. The number of anilines is 1. The van der Waals surface area contributed by atoms with Crippen LogP contribution in [0.1, 0.15) is 11.6 Å². The van der Waals surface area contributed by atoms with Gasteiger partial charge >= 0.3 is 0 Å². The molecule has 134 valence electrons. The number of alkyl halides is 2. The zero-order valence-electron chi connectivity index (χ0n) is 13.5. The van der Waals surface area contributed by atoms with Gasteiger partial charge in [-0.15, -0.1) is 5.10 Å². The van der Waals surface area contributed by atoms with Crippen molar-refractivity contribution in [1.29, 1.82) is 0 Å². The molecule has 0 aliphatic carbocycles. The van der Waals surface area contributed by atoms with Crippen LogP contribution in [-0.2, 0) is 11.2 Å². The Morgan fingerprint density at radius 3 is 2.46 bits per heavy atom. The molecule has 0 unspecified atom stereocenters. The first kappa shape index (κ1) is 18.0. The van der Waals surface area contributed by atoms with Crippen LogP contribution in [-0.4, -0.2) is 31.9 Å². The van der Waals surface area contributed by atoms with E-state index in [1.54, 1.807) is 12.1 Å². The first-order chi connectivity index (χ1) is 12.6. The van der Waals surface area contributed by atoms with Crippen molar-refractivity contribution in [2.75, 3.05) is 5.32 Å². The Hall–Kier alpha value is -2.81. The minimum atomic E-state index is -2.48. The number of rotatable bonds is 7. The molecule has 2 aromatic carbocycles. The van der Waals surface area contributed by atoms with Crippen LogP contribution in [0.2, 0.25) is 0 Å². The van der Waals surface area contributed by atoms with E-state index in [2.05, 4.69) is 20.8 Å². The second-order valence-electron chi connectivity index (χ2n) is 5.39. The molecule has 6 nitrogen and oxygen atoms in total. The van der Waals surface area contributed by atoms with Crippen LogP contribution >= 0.6 is 11.8 Å². The lowest BCUT2D eigenvalue weighted by atomic mass is 10.1. The summed E-state index contributed by atoms with van der Waals surface area (Å²) in [5, 5.41) is 13.8. The summed E-state index contributed by atoms with van der Waals surface area (Å²) in [6.07, 6.45) is 1.80. The molecule has 3 aromatic rings. The van der Waals surface area contributed by atoms with E-state index in [0.717, 1.165) is 5.56 Å². The summed E-state index contributed by atoms with van der Waals surface area (Å²) in [5.41, 5.74) is 1.48. The topological polar surface area (TPSA) is 72.7 Å². The second kappa shape index (κ2) is 8.52. The number of carbonyl (C=O) groups excluding carboxylic acids is 1. The zero-order valence-corrected chi connectivity index (χ0v) is 14.3. The molecular formula is C17H15F2N5OS. The maximum absolute atomic E-state index is 12.7. The zero-order chi connectivity index (χ0) is 18.4. The maximum Gasteiger partial charge on any atom is 0.288 e. The Bertz CT molecular complexity index is 828. The predicted molar refractivity (Wildman–Crippen MR) is 93.9 cm³/mol. The number of halogens is 2. The van der Waals surface area contributed by atoms with E-state index < -0.39 is 11.8 Å². The van der Waals surface area contributed by atoms with Crippen molar-refractivity contribution in [1.82, 2.24) is 20.2 Å². The fraction of sp³-hybridized carbons (Fsp3) is 0.176. The monoisotopic (exact) mass is 375 g/mol. The van der Waals surface area contributed by atoms with Crippen molar-refractivity contribution in [2.45, 2.75) is 23.1 Å². The molecule has 0 spiro atoms. The molecule has 0 aliphatic rings. The average Bonchev–Trinajstić information content (AvgIpc) is 3.16. The summed E-state index contributed by atoms with van der Waals surface area (Å²) in [4.78, 5) is 13.2. The molecule has 1 amide bonds. The van der Waals surface area contributed by atoms with Gasteiger partial charge in [0.05, 0.1) is 0 Å². The lowest BCUT2D eigenvalue weighted by Gasteiger charge is -2.16. The van der Waals surface area contributed by atoms with Gasteiger partial charge < -0.3 is 5.32 Å². The van der Waals surface area contributed by atoms with E-state index in [4.69, 9.17) is 0 Å². The molecule has 1 heterocycles. The number of benzene rings is 2. The van der Waals surface area contributed by atoms with Crippen LogP contribution in [0.3, 0.4) is 0 Å². The lowest BCUT2D eigenvalue weighted by molar-refractivity contribution is -0.119. The van der Waals surface area contributed by atoms with Crippen LogP contribution in [0.5, 0.6) is 0 Å². The van der Waals surface area contributed by atoms with E-state index in [1.165, 1.54) is 23.1 Å². The Labute approximate surface area is 152 Å². The number of tetrazole rings is 1. The maximum atomic E-state index is 12.7. The van der Waals surface area contributed by atoms with Gasteiger partial charge in [-0.1, -0.05) is 42.1 Å². The molecule has 0 bridgehead atoms. The summed E-state index contributed by atoms with van der Waals surface area (Å²) < 4.78 is 26.1. The van der Waals surface area contributed by atoms with Crippen molar-refractivity contribution in [3.05, 3.63) is 66.5 Å². The Balaban J connectivity index is 1.73. The van der Waals surface area contributed by atoms with Gasteiger partial charge in [0.2, 0.25) is 5.91 Å². The molecule has 1 aromatic heterocycles. The van der Waals surface area contributed by atoms with Gasteiger partial charge in [0.15, 0.2) is 0 Å². The summed E-state index contributed by atoms with van der Waals surface area (Å²) >= 11 is 0.455. The third-order valence-electron chi connectivity index (χ3n) is 3.61. The lowest BCUT2D eigenvalue weighted by Crippen LogP contribution is -2.28. The third-order valence-corrected chi connectivity index (χ3v) is 4.33. The van der Waals surface area contributed by atoms with Crippen LogP contribution in [0.15, 0.2) is 65.8 Å². The normalized spacial score (nSPS) is 12.1. The van der Waals surface area contributed by atoms with Gasteiger partial charge in [-0.05, 0) is 40.3 Å². The second-order valence-corrected chi connectivity index (χ2v) is 6.45. The number of nitrogens with zero attached hydrogens (tertiary/aromatic N) is 4. The SMILES string of the molecule is O=C(Nc1ccc(SC(F)F)cc1)[C@H](Cc1ccccc1)n1cnnn1. The van der Waals surface area contributed by atoms with Crippen molar-refractivity contribution in [2.24, 2.45) is 0 Å². The number of hydrogen-bond acceptors (Lipinski definition) is 5. The minimum Gasteiger partial charge on any atom is -0.324 e. The Morgan fingerprint density at radius 1 is 1.12 bits per heavy atom. The highest BCUT2D eigenvalue weighted by Crippen LogP contribution is 2.26. The van der Waals surface area contributed by atoms with Gasteiger partial charge in [0, 0.05) is 17.0 Å². The third kappa shape index (κ3) is 4.85. The fourth-order valence-corrected chi connectivity index (χ4v) is 2.90. The van der Waals surface area contributed by atoms with E-state index >= 15 is 0 Å². The highest BCUT2D eigenvalue weighted by molar-refractivity contribution is 7.99. The highest BCUT2D eigenvalue weighted by Gasteiger charge is 2.22. The van der Waals surface area contributed by atoms with Gasteiger partial charge in [-0.25, -0.2) is 4.68 Å². The minimum absolute atomic E-state index is 0.296. The molecule has 1 atom stereocenters. The van der Waals surface area contributed by atoms with Crippen LogP contribution < -0.4 is 5.32 Å². The number of thioether (sulfide) groups is 1. The van der Waals surface area contributed by atoms with Crippen molar-refractivity contribution in [3.63, 3.8) is 0 Å². The Morgan fingerprint density at radius 2 is 1.85 bits per heavy atom. The van der Waals surface area contributed by atoms with E-state index in [0.29, 0.717) is 28.8 Å². The smallest absolute Gasteiger partial charge is 0.288 e. The molecule has 0 saturated carbocycles. The van der Waals surface area contributed by atoms with E-state index in [-0.39, 0.29) is 5.91 Å². The number of hydrogen-bond donors (Lipinski definition) is 1. The average molecular weight is 375 g/mol. The molecule has 1 N–H and O–H groups in total. The van der Waals surface area contributed by atoms with Gasteiger partial charge in [0.25, 0.3) is 5.76 Å². The standard InChI is InChI=1S/C17H15F2N5OS/c18-17(19)26-14-8-6-13(7-9-14)21-16(25)15(24-11-20-22-23-24)10-12-4-2-1-3-5-12/h1-9,11,15,17H,10H2,(H,21,25)/t15-/m0/s1. The molecule has 3 rings (SSSR count). The van der Waals surface area contributed by atoms with Gasteiger partial charge in [-0.2, -0.15) is 8.78 Å². The fourth-order valence-electron chi connectivity index (χ4n) is 2.40. The van der Waals surface area contributed by atoms with Gasteiger partial charge in [0.1, 0.15) is 12.4 Å². The molecule has 0 aliphatic heterocycles. The summed E-state index contributed by atoms with van der Waals surface area (Å²) in [6.45, 7) is 0. The number of carbonyl (C=O) groups is 1. The molecule has 26 heavy (non-hydrogen) atoms. The highest BCUT2D eigenvalue weighted by atomic mass is 32.2. The number of aromatic nitrogens is 4. The summed E-state index contributed by atoms with van der Waals surface area (Å²) in [5.74, 6) is -2.78. The molecule has 0 radical (unpaired) electrons.